The minimum atomic E-state index is -0.272. The molecule has 2 rings (SSSR count). The maximum absolute atomic E-state index is 12.9. The van der Waals surface area contributed by atoms with Gasteiger partial charge in [-0.05, 0) is 56.4 Å². The van der Waals surface area contributed by atoms with E-state index < -0.39 is 0 Å². The van der Waals surface area contributed by atoms with Crippen molar-refractivity contribution in [2.24, 2.45) is 0 Å². The van der Waals surface area contributed by atoms with Gasteiger partial charge in [0.25, 0.3) is 5.91 Å². The normalized spacial score (nSPS) is 18.4. The summed E-state index contributed by atoms with van der Waals surface area (Å²) in [6.45, 7) is 9.95. The van der Waals surface area contributed by atoms with Gasteiger partial charge in [-0.3, -0.25) is 4.79 Å². The lowest BCUT2D eigenvalue weighted by Crippen LogP contribution is -2.54. The van der Waals surface area contributed by atoms with Crippen LogP contribution in [-0.4, -0.2) is 16.4 Å². The quantitative estimate of drug-likeness (QED) is 0.731. The average Bonchev–Trinajstić information content (AvgIpc) is 2.99. The fraction of sp³-hybridized carbons (Fsp3) is 0.409. The van der Waals surface area contributed by atoms with E-state index in [1.54, 1.807) is 6.08 Å². The molecule has 3 nitrogen and oxygen atoms in total. The van der Waals surface area contributed by atoms with Crippen LogP contribution < -0.4 is 15.9 Å². The third kappa shape index (κ3) is 4.22. The lowest BCUT2D eigenvalue weighted by Gasteiger charge is -2.43. The van der Waals surface area contributed by atoms with E-state index in [0.29, 0.717) is 5.69 Å². The Kier molecular flexibility index (Phi) is 6.63. The Balaban J connectivity index is 2.31. The number of hydrogen-bond donors (Lipinski definition) is 2. The van der Waals surface area contributed by atoms with Crippen molar-refractivity contribution in [2.45, 2.75) is 58.4 Å². The largest absolute Gasteiger partial charge is 0.351 e. The average molecular weight is 338 g/mol. The molecule has 0 saturated heterocycles. The number of aromatic amines is 1. The first-order valence-electron chi connectivity index (χ1n) is 9.24. The molecule has 0 unspecified atom stereocenters. The first-order valence-corrected chi connectivity index (χ1v) is 9.24. The van der Waals surface area contributed by atoms with Crippen molar-refractivity contribution >= 4 is 18.1 Å². The van der Waals surface area contributed by atoms with Gasteiger partial charge in [0.1, 0.15) is 5.69 Å². The monoisotopic (exact) mass is 338 g/mol. The summed E-state index contributed by atoms with van der Waals surface area (Å²) in [6.07, 6.45) is 17.2. The number of aromatic nitrogens is 1. The molecule has 134 valence electrons. The van der Waals surface area contributed by atoms with Crippen LogP contribution in [0.5, 0.6) is 0 Å². The molecule has 1 heterocycles. The molecule has 1 saturated carbocycles. The van der Waals surface area contributed by atoms with E-state index in [9.17, 15) is 4.79 Å². The highest BCUT2D eigenvalue weighted by Crippen LogP contribution is 2.39. The predicted octanol–water partition coefficient (Wildman–Crippen LogP) is 3.74. The molecular formula is C22H30N2O. The fourth-order valence-corrected chi connectivity index (χ4v) is 3.30. The Morgan fingerprint density at radius 2 is 2.16 bits per heavy atom. The number of carbonyl (C=O) groups excluding carboxylic acids is 1. The van der Waals surface area contributed by atoms with Crippen LogP contribution in [0.15, 0.2) is 42.5 Å². The Bertz CT molecular complexity index is 788. The van der Waals surface area contributed by atoms with Gasteiger partial charge < -0.3 is 10.3 Å². The van der Waals surface area contributed by atoms with E-state index in [2.05, 4.69) is 36.0 Å². The summed E-state index contributed by atoms with van der Waals surface area (Å²) in [6, 6.07) is 1.96. The summed E-state index contributed by atoms with van der Waals surface area (Å²) in [5, 5.41) is 5.39. The molecule has 1 aliphatic carbocycles. The van der Waals surface area contributed by atoms with Crippen molar-refractivity contribution in [2.75, 3.05) is 0 Å². The van der Waals surface area contributed by atoms with Crippen LogP contribution in [0.1, 0.15) is 63.4 Å². The second-order valence-corrected chi connectivity index (χ2v) is 6.58. The summed E-state index contributed by atoms with van der Waals surface area (Å²) in [4.78, 5) is 16.1. The van der Waals surface area contributed by atoms with Crippen LogP contribution in [0.3, 0.4) is 0 Å². The van der Waals surface area contributed by atoms with Gasteiger partial charge in [0.05, 0.1) is 5.54 Å². The molecule has 25 heavy (non-hydrogen) atoms. The number of allylic oxidation sites excluding steroid dienone is 3. The zero-order chi connectivity index (χ0) is 18.3. The van der Waals surface area contributed by atoms with Gasteiger partial charge >= 0.3 is 0 Å². The van der Waals surface area contributed by atoms with Crippen molar-refractivity contribution in [1.29, 1.82) is 0 Å². The zero-order valence-corrected chi connectivity index (χ0v) is 15.7. The maximum atomic E-state index is 12.9. The molecule has 1 aliphatic rings. The van der Waals surface area contributed by atoms with Gasteiger partial charge in [0.15, 0.2) is 0 Å². The highest BCUT2D eigenvalue weighted by atomic mass is 16.2. The summed E-state index contributed by atoms with van der Waals surface area (Å²) in [5.41, 5.74) is 1.48. The van der Waals surface area contributed by atoms with Gasteiger partial charge in [0.2, 0.25) is 0 Å². The minimum absolute atomic E-state index is 0.0431. The summed E-state index contributed by atoms with van der Waals surface area (Å²) < 4.78 is 0. The lowest BCUT2D eigenvalue weighted by molar-refractivity contribution is 0.0864. The van der Waals surface area contributed by atoms with Crippen molar-refractivity contribution in [3.63, 3.8) is 0 Å². The minimum Gasteiger partial charge on any atom is -0.351 e. The molecule has 1 aromatic rings. The highest BCUT2D eigenvalue weighted by Gasteiger charge is 2.40. The van der Waals surface area contributed by atoms with E-state index in [1.807, 2.05) is 38.1 Å². The first-order chi connectivity index (χ1) is 12.1. The molecular weight excluding hydrogens is 308 g/mol. The topological polar surface area (TPSA) is 44.9 Å². The number of carbonyl (C=O) groups is 1. The third-order valence-corrected chi connectivity index (χ3v) is 4.82. The molecule has 0 aliphatic heterocycles. The van der Waals surface area contributed by atoms with E-state index in [-0.39, 0.29) is 11.4 Å². The second-order valence-electron chi connectivity index (χ2n) is 6.58. The van der Waals surface area contributed by atoms with E-state index in [4.69, 9.17) is 0 Å². The molecule has 1 fully saturated rings. The van der Waals surface area contributed by atoms with Crippen LogP contribution >= 0.6 is 0 Å². The molecule has 0 atom stereocenters. The molecule has 3 heteroatoms. The van der Waals surface area contributed by atoms with Crippen LogP contribution in [0, 0.1) is 0 Å². The molecule has 2 N–H and O–H groups in total. The Labute approximate surface area is 150 Å². The van der Waals surface area contributed by atoms with Crippen LogP contribution in [0.4, 0.5) is 0 Å². The molecule has 0 aromatic carbocycles. The Morgan fingerprint density at radius 1 is 1.40 bits per heavy atom. The van der Waals surface area contributed by atoms with E-state index >= 15 is 0 Å². The Hall–Kier alpha value is -2.29. The summed E-state index contributed by atoms with van der Waals surface area (Å²) in [5.74, 6) is -0.0431. The van der Waals surface area contributed by atoms with Gasteiger partial charge in [-0.2, -0.15) is 0 Å². The van der Waals surface area contributed by atoms with E-state index in [1.165, 1.54) is 0 Å². The summed E-state index contributed by atoms with van der Waals surface area (Å²) >= 11 is 0. The molecule has 1 aromatic heterocycles. The van der Waals surface area contributed by atoms with Crippen LogP contribution in [0.25, 0.3) is 12.2 Å². The van der Waals surface area contributed by atoms with Gasteiger partial charge in [-0.25, -0.2) is 0 Å². The lowest BCUT2D eigenvalue weighted by atomic mass is 9.71. The molecule has 0 radical (unpaired) electrons. The van der Waals surface area contributed by atoms with Crippen molar-refractivity contribution in [1.82, 2.24) is 10.3 Å². The maximum Gasteiger partial charge on any atom is 0.268 e. The number of rotatable bonds is 7. The third-order valence-electron chi connectivity index (χ3n) is 4.82. The molecule has 0 bridgehead atoms. The Morgan fingerprint density at radius 3 is 2.68 bits per heavy atom. The predicted molar refractivity (Wildman–Crippen MR) is 107 cm³/mol. The fourth-order valence-electron chi connectivity index (χ4n) is 3.30. The van der Waals surface area contributed by atoms with Crippen LogP contribution in [0.2, 0.25) is 0 Å². The van der Waals surface area contributed by atoms with Gasteiger partial charge in [0, 0.05) is 5.35 Å². The smallest absolute Gasteiger partial charge is 0.268 e. The highest BCUT2D eigenvalue weighted by molar-refractivity contribution is 5.93. The number of unbranched alkanes of at least 4 members (excludes halogenated alkanes) is 1. The molecule has 0 spiro atoms. The van der Waals surface area contributed by atoms with Gasteiger partial charge in [-0.1, -0.05) is 56.4 Å². The van der Waals surface area contributed by atoms with Gasteiger partial charge in [-0.15, -0.1) is 0 Å². The number of nitrogens with one attached hydrogen (secondary N) is 2. The van der Waals surface area contributed by atoms with Crippen molar-refractivity contribution in [3.8, 4) is 0 Å². The zero-order valence-electron chi connectivity index (χ0n) is 15.7. The summed E-state index contributed by atoms with van der Waals surface area (Å²) in [7, 11) is 0. The first kappa shape index (κ1) is 19.0. The van der Waals surface area contributed by atoms with Crippen molar-refractivity contribution in [3.05, 3.63) is 58.8 Å². The van der Waals surface area contributed by atoms with Crippen LogP contribution in [-0.2, 0) is 0 Å². The molecule has 1 amide bonds. The number of hydrogen-bond acceptors (Lipinski definition) is 1. The van der Waals surface area contributed by atoms with Crippen molar-refractivity contribution < 1.29 is 4.79 Å². The van der Waals surface area contributed by atoms with E-state index in [0.717, 1.165) is 48.2 Å². The number of amides is 1. The second kappa shape index (κ2) is 8.70. The SMILES string of the molecule is C=C/C=C(\C=C/C)C1(NC(=O)c2cc(=C/CCC)/c(=C\C)[nH]2)CCC1. The standard InChI is InChI=1S/C22H30N2O/c1-5-9-13-17-16-20(23-19(17)8-4)21(25)24-22(14-10-15-22)18(11-6-2)12-7-3/h6-8,11-13,16,23H,2,5,9-10,14-15H2,1,3-4H3,(H,24,25)/b12-7-,17-13-,18-11+,19-8+. The number of H-pyrrole nitrogens is 1.